The van der Waals surface area contributed by atoms with Crippen LogP contribution in [-0.4, -0.2) is 15.8 Å². The Labute approximate surface area is 170 Å². The molecule has 0 aliphatic heterocycles. The van der Waals surface area contributed by atoms with Crippen molar-refractivity contribution in [2.24, 2.45) is 0 Å². The molecule has 0 atom stereocenters. The third-order valence-corrected chi connectivity index (χ3v) is 5.05. The highest BCUT2D eigenvalue weighted by molar-refractivity contribution is 7.14. The van der Waals surface area contributed by atoms with Crippen molar-refractivity contribution in [2.45, 2.75) is 0 Å². The molecule has 0 spiro atoms. The topological polar surface area (TPSA) is 85.1 Å². The van der Waals surface area contributed by atoms with Crippen LogP contribution in [0.15, 0.2) is 78.2 Å². The third-order valence-electron chi connectivity index (χ3n) is 4.29. The molecule has 29 heavy (non-hydrogen) atoms. The number of nitro benzene ring substituents is 1. The Kier molecular flexibility index (Phi) is 5.13. The molecule has 4 rings (SSSR count). The summed E-state index contributed by atoms with van der Waals surface area (Å²) in [6.45, 7) is 0. The van der Waals surface area contributed by atoms with E-state index in [0.29, 0.717) is 10.7 Å². The zero-order valence-corrected chi connectivity index (χ0v) is 15.9. The van der Waals surface area contributed by atoms with E-state index in [1.807, 2.05) is 35.7 Å². The largest absolute Gasteiger partial charge is 0.298 e. The number of rotatable bonds is 5. The average Bonchev–Trinajstić information content (AvgIpc) is 3.20. The summed E-state index contributed by atoms with van der Waals surface area (Å²) in [6.07, 6.45) is 2.86. The lowest BCUT2D eigenvalue weighted by Gasteiger charge is -2.01. The minimum Gasteiger partial charge on any atom is -0.298 e. The fourth-order valence-corrected chi connectivity index (χ4v) is 3.60. The molecule has 7 heteroatoms. The van der Waals surface area contributed by atoms with Crippen molar-refractivity contribution in [3.63, 3.8) is 0 Å². The Morgan fingerprint density at radius 1 is 1.03 bits per heavy atom. The molecule has 4 aromatic rings. The molecule has 0 unspecified atom stereocenters. The number of carbonyl (C=O) groups is 1. The van der Waals surface area contributed by atoms with Gasteiger partial charge in [-0.25, -0.2) is 4.98 Å². The molecular formula is C22H15N3O3S. The van der Waals surface area contributed by atoms with E-state index in [2.05, 4.69) is 22.4 Å². The van der Waals surface area contributed by atoms with E-state index in [0.717, 1.165) is 22.0 Å². The van der Waals surface area contributed by atoms with Gasteiger partial charge in [-0.1, -0.05) is 48.5 Å². The number of nitrogens with one attached hydrogen (secondary N) is 1. The summed E-state index contributed by atoms with van der Waals surface area (Å²) in [5.41, 5.74) is 2.32. The van der Waals surface area contributed by atoms with Crippen LogP contribution in [0.3, 0.4) is 0 Å². The van der Waals surface area contributed by atoms with Gasteiger partial charge in [-0.15, -0.1) is 11.3 Å². The second-order valence-electron chi connectivity index (χ2n) is 6.27. The highest BCUT2D eigenvalue weighted by Crippen LogP contribution is 2.27. The first-order chi connectivity index (χ1) is 14.1. The summed E-state index contributed by atoms with van der Waals surface area (Å²) in [5.74, 6) is -0.351. The molecule has 1 amide bonds. The molecule has 1 N–H and O–H groups in total. The van der Waals surface area contributed by atoms with Crippen LogP contribution in [-0.2, 0) is 4.79 Å². The molecule has 0 bridgehead atoms. The van der Waals surface area contributed by atoms with E-state index in [1.54, 1.807) is 12.1 Å². The van der Waals surface area contributed by atoms with Crippen LogP contribution in [0.4, 0.5) is 10.8 Å². The summed E-state index contributed by atoms with van der Waals surface area (Å²) < 4.78 is 0. The van der Waals surface area contributed by atoms with Gasteiger partial charge in [0.25, 0.3) is 5.69 Å². The summed E-state index contributed by atoms with van der Waals surface area (Å²) in [6, 6.07) is 20.3. The number of fused-ring (bicyclic) bond motifs is 1. The van der Waals surface area contributed by atoms with E-state index >= 15 is 0 Å². The normalized spacial score (nSPS) is 11.0. The maximum Gasteiger partial charge on any atom is 0.270 e. The van der Waals surface area contributed by atoms with Crippen molar-refractivity contribution in [2.75, 3.05) is 5.32 Å². The van der Waals surface area contributed by atoms with Gasteiger partial charge in [-0.05, 0) is 28.5 Å². The zero-order chi connectivity index (χ0) is 20.2. The minimum absolute atomic E-state index is 0.0208. The highest BCUT2D eigenvalue weighted by Gasteiger charge is 2.08. The van der Waals surface area contributed by atoms with Gasteiger partial charge in [-0.2, -0.15) is 0 Å². The molecule has 0 saturated carbocycles. The number of amides is 1. The van der Waals surface area contributed by atoms with Crippen LogP contribution in [0.25, 0.3) is 28.1 Å². The number of hydrogen-bond acceptors (Lipinski definition) is 5. The van der Waals surface area contributed by atoms with Crippen LogP contribution < -0.4 is 5.32 Å². The number of nitro groups is 1. The number of non-ortho nitro benzene ring substituents is 1. The molecule has 0 fully saturated rings. The number of carbonyl (C=O) groups excluding carboxylic acids is 1. The first kappa shape index (κ1) is 18.5. The van der Waals surface area contributed by atoms with Crippen molar-refractivity contribution >= 4 is 44.9 Å². The lowest BCUT2D eigenvalue weighted by molar-refractivity contribution is -0.384. The van der Waals surface area contributed by atoms with E-state index in [-0.39, 0.29) is 11.6 Å². The number of thiazole rings is 1. The maximum atomic E-state index is 12.2. The second-order valence-corrected chi connectivity index (χ2v) is 7.13. The average molecular weight is 401 g/mol. The molecule has 0 aliphatic carbocycles. The molecule has 0 radical (unpaired) electrons. The van der Waals surface area contributed by atoms with Crippen LogP contribution in [0.2, 0.25) is 0 Å². The summed E-state index contributed by atoms with van der Waals surface area (Å²) >= 11 is 1.34. The van der Waals surface area contributed by atoms with Crippen LogP contribution in [0.5, 0.6) is 0 Å². The van der Waals surface area contributed by atoms with Gasteiger partial charge in [0.05, 0.1) is 10.6 Å². The van der Waals surface area contributed by atoms with Crippen molar-refractivity contribution in [1.29, 1.82) is 0 Å². The first-order valence-electron chi connectivity index (χ1n) is 8.77. The van der Waals surface area contributed by atoms with Gasteiger partial charge in [0.1, 0.15) is 0 Å². The molecule has 1 aromatic heterocycles. The molecule has 0 saturated heterocycles. The van der Waals surface area contributed by atoms with Crippen molar-refractivity contribution < 1.29 is 9.72 Å². The van der Waals surface area contributed by atoms with Gasteiger partial charge in [0.15, 0.2) is 5.13 Å². The number of benzene rings is 3. The van der Waals surface area contributed by atoms with Gasteiger partial charge >= 0.3 is 0 Å². The van der Waals surface area contributed by atoms with Crippen LogP contribution >= 0.6 is 11.3 Å². The van der Waals surface area contributed by atoms with Crippen molar-refractivity contribution in [3.8, 4) is 11.3 Å². The molecule has 142 valence electrons. The predicted molar refractivity (Wildman–Crippen MR) is 116 cm³/mol. The molecular weight excluding hydrogens is 386 g/mol. The molecule has 3 aromatic carbocycles. The van der Waals surface area contributed by atoms with E-state index in [9.17, 15) is 14.9 Å². The standard InChI is InChI=1S/C22H15N3O3S/c26-21(11-8-15-4-3-7-19(12-15)25(27)28)24-22-23-20(14-29-22)18-10-9-16-5-1-2-6-17(16)13-18/h1-14H,(H,23,24,26)/b11-8+. The van der Waals surface area contributed by atoms with Crippen LogP contribution in [0.1, 0.15) is 5.56 Å². The van der Waals surface area contributed by atoms with Crippen LogP contribution in [0, 0.1) is 10.1 Å². The quantitative estimate of drug-likeness (QED) is 0.271. The van der Waals surface area contributed by atoms with E-state index in [4.69, 9.17) is 0 Å². The smallest absolute Gasteiger partial charge is 0.270 e. The van der Waals surface area contributed by atoms with Crippen molar-refractivity contribution in [1.82, 2.24) is 4.98 Å². The van der Waals surface area contributed by atoms with Crippen molar-refractivity contribution in [3.05, 3.63) is 93.9 Å². The number of nitrogens with zero attached hydrogens (tertiary/aromatic N) is 2. The monoisotopic (exact) mass is 401 g/mol. The summed E-state index contributed by atoms with van der Waals surface area (Å²) in [4.78, 5) is 27.0. The fourth-order valence-electron chi connectivity index (χ4n) is 2.87. The fraction of sp³-hybridized carbons (Fsp3) is 0. The Balaban J connectivity index is 1.46. The zero-order valence-electron chi connectivity index (χ0n) is 15.1. The molecule has 0 aliphatic rings. The molecule has 6 nitrogen and oxygen atoms in total. The molecule has 1 heterocycles. The highest BCUT2D eigenvalue weighted by atomic mass is 32.1. The Hall–Kier alpha value is -3.84. The lowest BCUT2D eigenvalue weighted by atomic mass is 10.1. The lowest BCUT2D eigenvalue weighted by Crippen LogP contribution is -2.07. The number of anilines is 1. The number of aromatic nitrogens is 1. The maximum absolute atomic E-state index is 12.2. The predicted octanol–water partition coefficient (Wildman–Crippen LogP) is 5.52. The number of hydrogen-bond donors (Lipinski definition) is 1. The summed E-state index contributed by atoms with van der Waals surface area (Å²) in [5, 5.41) is 18.2. The van der Waals surface area contributed by atoms with Gasteiger partial charge in [0, 0.05) is 29.2 Å². The third kappa shape index (κ3) is 4.36. The minimum atomic E-state index is -0.471. The van der Waals surface area contributed by atoms with Gasteiger partial charge in [-0.3, -0.25) is 20.2 Å². The first-order valence-corrected chi connectivity index (χ1v) is 9.65. The van der Waals surface area contributed by atoms with E-state index in [1.165, 1.54) is 35.6 Å². The van der Waals surface area contributed by atoms with Gasteiger partial charge < -0.3 is 0 Å². The summed E-state index contributed by atoms with van der Waals surface area (Å²) in [7, 11) is 0. The second kappa shape index (κ2) is 8.04. The van der Waals surface area contributed by atoms with Gasteiger partial charge in [0.2, 0.25) is 5.91 Å². The Morgan fingerprint density at radius 3 is 2.69 bits per heavy atom. The van der Waals surface area contributed by atoms with E-state index < -0.39 is 4.92 Å². The Bertz CT molecular complexity index is 1250. The SMILES string of the molecule is O=C(/C=C/c1cccc([N+](=O)[O-])c1)Nc1nc(-c2ccc3ccccc3c2)cs1. The Morgan fingerprint density at radius 2 is 1.86 bits per heavy atom.